The average molecular weight is 425 g/mol. The van der Waals surface area contributed by atoms with E-state index >= 15 is 0 Å². The lowest BCUT2D eigenvalue weighted by molar-refractivity contribution is -0.384. The third-order valence-electron chi connectivity index (χ3n) is 5.69. The van der Waals surface area contributed by atoms with Crippen molar-refractivity contribution in [2.75, 3.05) is 38.7 Å². The monoisotopic (exact) mass is 425 g/mol. The highest BCUT2D eigenvalue weighted by Gasteiger charge is 2.30. The first-order valence-electron chi connectivity index (χ1n) is 10.2. The van der Waals surface area contributed by atoms with Crippen molar-refractivity contribution < 1.29 is 24.0 Å². The molecule has 0 aliphatic carbocycles. The molecule has 0 saturated carbocycles. The number of fused-ring (bicyclic) bond motifs is 1. The van der Waals surface area contributed by atoms with E-state index in [2.05, 4.69) is 5.32 Å². The number of non-ortho nitro benzene ring substituents is 1. The number of amides is 1. The number of rotatable bonds is 5. The number of nitro groups is 1. The van der Waals surface area contributed by atoms with Gasteiger partial charge in [-0.15, -0.1) is 0 Å². The van der Waals surface area contributed by atoms with E-state index < -0.39 is 4.92 Å². The number of ether oxygens (including phenoxy) is 2. The van der Waals surface area contributed by atoms with E-state index in [0.717, 1.165) is 0 Å². The number of hydrogen-bond donors (Lipinski definition) is 1. The average Bonchev–Trinajstić information content (AvgIpc) is 2.82. The van der Waals surface area contributed by atoms with E-state index in [1.54, 1.807) is 30.1 Å². The van der Waals surface area contributed by atoms with E-state index in [1.165, 1.54) is 18.2 Å². The van der Waals surface area contributed by atoms with E-state index in [-0.39, 0.29) is 28.9 Å². The third kappa shape index (κ3) is 4.16. The van der Waals surface area contributed by atoms with Gasteiger partial charge in [0.25, 0.3) is 11.6 Å². The molecule has 2 aliphatic heterocycles. The summed E-state index contributed by atoms with van der Waals surface area (Å²) in [6.45, 7) is 1.77. The number of nitro benzene ring substituents is 1. The number of carbonyl (C=O) groups excluding carboxylic acids is 2. The van der Waals surface area contributed by atoms with Crippen molar-refractivity contribution in [1.29, 1.82) is 0 Å². The Morgan fingerprint density at radius 1 is 1.06 bits per heavy atom. The molecule has 162 valence electrons. The quantitative estimate of drug-likeness (QED) is 0.445. The number of likely N-dealkylation sites (tertiary alicyclic amines) is 1. The van der Waals surface area contributed by atoms with Gasteiger partial charge in [-0.2, -0.15) is 0 Å². The zero-order valence-corrected chi connectivity index (χ0v) is 17.1. The van der Waals surface area contributed by atoms with Crippen LogP contribution in [0.5, 0.6) is 11.5 Å². The smallest absolute Gasteiger partial charge is 0.270 e. The van der Waals surface area contributed by atoms with Gasteiger partial charge >= 0.3 is 0 Å². The Bertz CT molecular complexity index is 1030. The van der Waals surface area contributed by atoms with Crippen LogP contribution in [0.4, 0.5) is 11.4 Å². The van der Waals surface area contributed by atoms with Gasteiger partial charge in [-0.25, -0.2) is 0 Å². The van der Waals surface area contributed by atoms with Crippen molar-refractivity contribution in [3.8, 4) is 11.5 Å². The van der Waals surface area contributed by atoms with Crippen LogP contribution in [0.1, 0.15) is 33.6 Å². The Balaban J connectivity index is 1.44. The summed E-state index contributed by atoms with van der Waals surface area (Å²) in [6, 6.07) is 9.40. The van der Waals surface area contributed by atoms with Gasteiger partial charge in [-0.3, -0.25) is 19.7 Å². The topological polar surface area (TPSA) is 111 Å². The number of piperidine rings is 1. The summed E-state index contributed by atoms with van der Waals surface area (Å²) in [5, 5.41) is 14.0. The normalized spacial score (nSPS) is 16.0. The number of benzene rings is 2. The fourth-order valence-corrected chi connectivity index (χ4v) is 3.99. The molecule has 9 nitrogen and oxygen atoms in total. The fourth-order valence-electron chi connectivity index (χ4n) is 3.99. The first-order chi connectivity index (χ1) is 15.0. The maximum absolute atomic E-state index is 13.0. The predicted octanol–water partition coefficient (Wildman–Crippen LogP) is 3.14. The van der Waals surface area contributed by atoms with E-state index in [0.29, 0.717) is 61.9 Å². The second-order valence-corrected chi connectivity index (χ2v) is 7.53. The number of ketones is 1. The van der Waals surface area contributed by atoms with Crippen molar-refractivity contribution in [2.24, 2.45) is 5.92 Å². The molecule has 2 heterocycles. The Kier molecular flexibility index (Phi) is 5.75. The third-order valence-corrected chi connectivity index (χ3v) is 5.69. The maximum Gasteiger partial charge on any atom is 0.270 e. The number of hydrogen-bond acceptors (Lipinski definition) is 7. The molecule has 2 aromatic carbocycles. The summed E-state index contributed by atoms with van der Waals surface area (Å²) in [6.07, 6.45) is 1.06. The van der Waals surface area contributed by atoms with Gasteiger partial charge < -0.3 is 19.7 Å². The molecule has 0 radical (unpaired) electrons. The minimum atomic E-state index is -0.519. The van der Waals surface area contributed by atoms with Crippen LogP contribution in [0.15, 0.2) is 36.4 Å². The molecular formula is C22H23N3O6. The lowest BCUT2D eigenvalue weighted by atomic mass is 9.88. The molecule has 1 fully saturated rings. The van der Waals surface area contributed by atoms with Gasteiger partial charge in [0.2, 0.25) is 0 Å². The molecule has 31 heavy (non-hydrogen) atoms. The number of nitrogens with zero attached hydrogens (tertiary/aromatic N) is 2. The van der Waals surface area contributed by atoms with Gasteiger partial charge in [0.05, 0.1) is 10.5 Å². The molecule has 0 aromatic heterocycles. The van der Waals surface area contributed by atoms with E-state index in [1.807, 2.05) is 0 Å². The van der Waals surface area contributed by atoms with Crippen LogP contribution in [-0.2, 0) is 0 Å². The summed E-state index contributed by atoms with van der Waals surface area (Å²) >= 11 is 0. The molecule has 1 N–H and O–H groups in total. The summed E-state index contributed by atoms with van der Waals surface area (Å²) in [5.41, 5.74) is 1.23. The molecule has 1 amide bonds. The number of nitrogens with one attached hydrogen (secondary N) is 1. The van der Waals surface area contributed by atoms with Crippen molar-refractivity contribution in [3.63, 3.8) is 0 Å². The largest absolute Gasteiger partial charge is 0.486 e. The zero-order valence-electron chi connectivity index (χ0n) is 17.1. The first kappa shape index (κ1) is 20.6. The summed E-state index contributed by atoms with van der Waals surface area (Å²) in [4.78, 5) is 38.2. The maximum atomic E-state index is 13.0. The van der Waals surface area contributed by atoms with Crippen LogP contribution in [0.25, 0.3) is 0 Å². The summed E-state index contributed by atoms with van der Waals surface area (Å²) in [5.74, 6) is 0.768. The minimum absolute atomic E-state index is 0.0235. The van der Waals surface area contributed by atoms with Crippen LogP contribution in [0.2, 0.25) is 0 Å². The van der Waals surface area contributed by atoms with Crippen molar-refractivity contribution >= 4 is 23.1 Å². The van der Waals surface area contributed by atoms with Crippen LogP contribution >= 0.6 is 0 Å². The lowest BCUT2D eigenvalue weighted by Gasteiger charge is -2.32. The Morgan fingerprint density at radius 2 is 1.77 bits per heavy atom. The number of Topliss-reactive ketones (excluding diaryl/α,β-unsaturated/α-hetero) is 1. The predicted molar refractivity (Wildman–Crippen MR) is 113 cm³/mol. The van der Waals surface area contributed by atoms with Crippen LogP contribution in [0, 0.1) is 16.0 Å². The summed E-state index contributed by atoms with van der Waals surface area (Å²) in [7, 11) is 1.66. The number of carbonyl (C=O) groups is 2. The molecule has 9 heteroatoms. The lowest BCUT2D eigenvalue weighted by Crippen LogP contribution is -2.40. The molecule has 4 rings (SSSR count). The highest BCUT2D eigenvalue weighted by Crippen LogP contribution is 2.33. The Morgan fingerprint density at radius 3 is 2.45 bits per heavy atom. The molecule has 0 bridgehead atoms. The fraction of sp³-hybridized carbons (Fsp3) is 0.364. The highest BCUT2D eigenvalue weighted by atomic mass is 16.6. The summed E-state index contributed by atoms with van der Waals surface area (Å²) < 4.78 is 11.1. The molecule has 1 saturated heterocycles. The van der Waals surface area contributed by atoms with E-state index in [9.17, 15) is 19.7 Å². The van der Waals surface area contributed by atoms with Crippen molar-refractivity contribution in [1.82, 2.24) is 4.90 Å². The number of anilines is 1. The molecule has 0 spiro atoms. The van der Waals surface area contributed by atoms with E-state index in [4.69, 9.17) is 9.47 Å². The van der Waals surface area contributed by atoms with Crippen molar-refractivity contribution in [3.05, 3.63) is 57.6 Å². The second kappa shape index (κ2) is 8.63. The SMILES string of the molecule is CNc1ccc([N+](=O)[O-])cc1C(=O)N1CCC(C(=O)c2ccc3c(c2)OCCO3)CC1. The van der Waals surface area contributed by atoms with Crippen LogP contribution in [0.3, 0.4) is 0 Å². The minimum Gasteiger partial charge on any atom is -0.486 e. The van der Waals surface area contributed by atoms with Crippen LogP contribution in [-0.4, -0.2) is 54.9 Å². The highest BCUT2D eigenvalue weighted by molar-refractivity contribution is 6.01. The standard InChI is InChI=1S/C22H23N3O6/c1-23-18-4-3-16(25(28)29)13-17(18)22(27)24-8-6-14(7-9-24)21(26)15-2-5-19-20(12-15)31-11-10-30-19/h2-5,12-14,23H,6-11H2,1H3. The Labute approximate surface area is 179 Å². The van der Waals surface area contributed by atoms with Gasteiger partial charge in [-0.05, 0) is 37.1 Å². The van der Waals surface area contributed by atoms with Gasteiger partial charge in [0.1, 0.15) is 13.2 Å². The van der Waals surface area contributed by atoms with Gasteiger partial charge in [0, 0.05) is 49.4 Å². The molecular weight excluding hydrogens is 402 g/mol. The molecule has 2 aliphatic rings. The van der Waals surface area contributed by atoms with Gasteiger partial charge in [0.15, 0.2) is 17.3 Å². The first-order valence-corrected chi connectivity index (χ1v) is 10.2. The van der Waals surface area contributed by atoms with Crippen molar-refractivity contribution in [2.45, 2.75) is 12.8 Å². The second-order valence-electron chi connectivity index (χ2n) is 7.53. The Hall–Kier alpha value is -3.62. The molecule has 0 atom stereocenters. The zero-order chi connectivity index (χ0) is 22.0. The molecule has 0 unspecified atom stereocenters. The van der Waals surface area contributed by atoms with Crippen LogP contribution < -0.4 is 14.8 Å². The van der Waals surface area contributed by atoms with Gasteiger partial charge in [-0.1, -0.05) is 0 Å². The molecule has 2 aromatic rings.